The van der Waals surface area contributed by atoms with E-state index in [0.29, 0.717) is 0 Å². The maximum atomic E-state index is 13.9. The predicted molar refractivity (Wildman–Crippen MR) is 299 cm³/mol. The van der Waals surface area contributed by atoms with Gasteiger partial charge in [-0.05, 0) is 68.4 Å². The number of hydrogen-bond donors (Lipinski definition) is 6. The molecule has 0 spiro atoms. The topological polar surface area (TPSA) is 292 Å². The summed E-state index contributed by atoms with van der Waals surface area (Å²) < 4.78 is 35.2. The number of oxazole rings is 2. The molecular weight excluding hydrogens is 1060 g/mol. The number of hydrogen-bond acceptors (Lipinski definition) is 16. The van der Waals surface area contributed by atoms with Crippen molar-refractivity contribution in [1.29, 1.82) is 0 Å². The van der Waals surface area contributed by atoms with Gasteiger partial charge in [0, 0.05) is 0 Å². The Kier molecular flexibility index (Phi) is 20.2. The zero-order valence-corrected chi connectivity index (χ0v) is 48.6. The van der Waals surface area contributed by atoms with Gasteiger partial charge >= 0.3 is 12.1 Å². The molecule has 0 saturated carbocycles. The monoisotopic (exact) mass is 1130 g/mol. The zero-order chi connectivity index (χ0) is 59.6. The second-order valence-electron chi connectivity index (χ2n) is 21.1. The molecule has 5 atom stereocenters. The number of benzene rings is 3. The van der Waals surface area contributed by atoms with Crippen molar-refractivity contribution in [2.45, 2.75) is 124 Å². The Morgan fingerprint density at radius 1 is 0.827 bits per heavy atom. The van der Waals surface area contributed by atoms with Crippen molar-refractivity contribution >= 4 is 66.0 Å². The standard InChI is InChI=1S/C58H72N8O14Si/c1-14-41(60-52(72)47-37(7)80-58(11,12)66(47)56(74)76-31-38-24-18-15-19-25-38)53-64-45(35(5)78-53)50(70)59-34(4)48(68)63-44(33(2)3)49(69)61-42(30-67)54-65-46(36(6)79-54)51(71)62-43(55(73)75-13)32-77-81(57(8,9)10,39-26-20-16-21-27-39)40-28-22-17-23-29-40/h14-29,33,37,42-44,47,67H,4,30-32H2,1-3,5-13H3,(H,59,70)(H,60,72)(H,61,69)(H,62,71)(H,63,68)/b41-14-/t37-,42+,43+,44+,47+/m1/s1. The number of allylic oxidation sites excluding steroid dienone is 1. The molecule has 81 heavy (non-hydrogen) atoms. The Morgan fingerprint density at radius 3 is 1.94 bits per heavy atom. The second kappa shape index (κ2) is 26.3. The lowest BCUT2D eigenvalue weighted by Crippen LogP contribution is -2.67. The fourth-order valence-corrected chi connectivity index (χ4v) is 14.1. The van der Waals surface area contributed by atoms with Gasteiger partial charge in [-0.1, -0.05) is 138 Å². The van der Waals surface area contributed by atoms with Crippen LogP contribution in [0.1, 0.15) is 118 Å². The molecule has 2 aromatic heterocycles. The minimum Gasteiger partial charge on any atom is -0.467 e. The lowest BCUT2D eigenvalue weighted by atomic mass is 10.0. The molecule has 0 bridgehead atoms. The molecule has 1 saturated heterocycles. The number of aromatic nitrogens is 2. The molecule has 6 amide bonds. The summed E-state index contributed by atoms with van der Waals surface area (Å²) in [7, 11) is -1.98. The first-order valence-corrected chi connectivity index (χ1v) is 28.1. The van der Waals surface area contributed by atoms with Gasteiger partial charge in [-0.15, -0.1) is 0 Å². The van der Waals surface area contributed by atoms with Crippen LogP contribution < -0.4 is 37.0 Å². The molecule has 0 radical (unpaired) electrons. The van der Waals surface area contributed by atoms with E-state index in [-0.39, 0.29) is 53.6 Å². The summed E-state index contributed by atoms with van der Waals surface area (Å²) >= 11 is 0. The summed E-state index contributed by atoms with van der Waals surface area (Å²) in [6.45, 7) is 21.5. The highest BCUT2D eigenvalue weighted by atomic mass is 28.4. The third kappa shape index (κ3) is 14.2. The van der Waals surface area contributed by atoms with E-state index in [1.54, 1.807) is 53.7 Å². The minimum atomic E-state index is -3.17. The van der Waals surface area contributed by atoms with Crippen molar-refractivity contribution in [3.8, 4) is 0 Å². The van der Waals surface area contributed by atoms with Crippen LogP contribution in [0.15, 0.2) is 118 Å². The Balaban J connectivity index is 1.08. The molecule has 1 aliphatic heterocycles. The molecule has 23 heteroatoms. The van der Waals surface area contributed by atoms with Crippen LogP contribution in [0.3, 0.4) is 0 Å². The molecule has 432 valence electrons. The number of nitrogens with one attached hydrogen (secondary N) is 5. The summed E-state index contributed by atoms with van der Waals surface area (Å²) in [6.07, 6.45) is -0.0569. The summed E-state index contributed by atoms with van der Waals surface area (Å²) in [5, 5.41) is 24.9. The van der Waals surface area contributed by atoms with Crippen molar-refractivity contribution in [3.63, 3.8) is 0 Å². The average molecular weight is 1130 g/mol. The van der Waals surface area contributed by atoms with Gasteiger partial charge in [0.05, 0.1) is 37.8 Å². The molecule has 0 unspecified atom stereocenters. The van der Waals surface area contributed by atoms with Crippen LogP contribution in [0.5, 0.6) is 0 Å². The van der Waals surface area contributed by atoms with Crippen molar-refractivity contribution in [1.82, 2.24) is 41.5 Å². The van der Waals surface area contributed by atoms with Crippen LogP contribution >= 0.6 is 0 Å². The number of rotatable bonds is 22. The van der Waals surface area contributed by atoms with E-state index in [0.717, 1.165) is 15.9 Å². The van der Waals surface area contributed by atoms with Crippen molar-refractivity contribution in [2.24, 2.45) is 5.92 Å². The molecule has 1 fully saturated rings. The molecule has 3 aromatic carbocycles. The average Bonchev–Trinajstić information content (AvgIpc) is 4.17. The van der Waals surface area contributed by atoms with Crippen LogP contribution in [0.2, 0.25) is 5.04 Å². The Morgan fingerprint density at radius 2 is 1.40 bits per heavy atom. The summed E-state index contributed by atoms with van der Waals surface area (Å²) in [6, 6.07) is 23.5. The quantitative estimate of drug-likeness (QED) is 0.0302. The fourth-order valence-electron chi connectivity index (χ4n) is 9.50. The number of nitrogens with zero attached hydrogens (tertiary/aromatic N) is 3. The van der Waals surface area contributed by atoms with Crippen molar-refractivity contribution < 1.29 is 66.1 Å². The highest BCUT2D eigenvalue weighted by Gasteiger charge is 2.53. The normalized spacial score (nSPS) is 16.4. The van der Waals surface area contributed by atoms with Gasteiger partial charge in [-0.25, -0.2) is 19.6 Å². The van der Waals surface area contributed by atoms with Crippen LogP contribution in [0, 0.1) is 19.8 Å². The first-order chi connectivity index (χ1) is 38.3. The van der Waals surface area contributed by atoms with Crippen LogP contribution in [-0.4, -0.2) is 120 Å². The van der Waals surface area contributed by atoms with Crippen molar-refractivity contribution in [2.75, 3.05) is 20.3 Å². The third-order valence-electron chi connectivity index (χ3n) is 13.5. The number of aliphatic hydroxyl groups is 1. The Hall–Kier alpha value is -8.25. The fraction of sp³-hybridized carbons (Fsp3) is 0.397. The van der Waals surface area contributed by atoms with Gasteiger partial charge in [-0.2, -0.15) is 0 Å². The van der Waals surface area contributed by atoms with Crippen LogP contribution in [-0.2, 0) is 44.4 Å². The van der Waals surface area contributed by atoms with Crippen molar-refractivity contribution in [3.05, 3.63) is 150 Å². The molecule has 22 nitrogen and oxygen atoms in total. The highest BCUT2D eigenvalue weighted by Crippen LogP contribution is 2.37. The van der Waals surface area contributed by atoms with E-state index in [1.165, 1.54) is 31.9 Å². The Bertz CT molecular complexity index is 3080. The highest BCUT2D eigenvalue weighted by molar-refractivity contribution is 6.99. The number of methoxy groups -OCH3 is 1. The number of carbonyl (C=O) groups excluding carboxylic acids is 7. The number of aliphatic hydroxyl groups excluding tert-OH is 1. The van der Waals surface area contributed by atoms with Crippen LogP contribution in [0.4, 0.5) is 4.79 Å². The molecule has 0 aliphatic carbocycles. The summed E-state index contributed by atoms with van der Waals surface area (Å²) in [5.74, 6) is -5.90. The first kappa shape index (κ1) is 62.0. The summed E-state index contributed by atoms with van der Waals surface area (Å²) in [4.78, 5) is 105. The van der Waals surface area contributed by atoms with E-state index in [2.05, 4.69) is 63.9 Å². The molecule has 6 N–H and O–H groups in total. The molecular formula is C58H72N8O14Si. The van der Waals surface area contributed by atoms with E-state index >= 15 is 0 Å². The van der Waals surface area contributed by atoms with E-state index in [9.17, 15) is 38.7 Å². The zero-order valence-electron chi connectivity index (χ0n) is 47.6. The largest absolute Gasteiger partial charge is 0.467 e. The smallest absolute Gasteiger partial charge is 0.413 e. The van der Waals surface area contributed by atoms with Gasteiger partial charge in [0.1, 0.15) is 48.0 Å². The van der Waals surface area contributed by atoms with Gasteiger partial charge in [0.25, 0.3) is 26.0 Å². The number of carbonyl (C=O) groups is 7. The SMILES string of the molecule is C=C(NC(=O)c1nc(/C(=C/C)NC(=O)[C@@H]2[C@@H](C)OC(C)(C)N2C(=O)OCc2ccccc2)oc1C)C(=O)N[C@H](C(=O)N[C@@H](CO)c1nc(C(=O)N[C@@H](CO[Si](c2ccccc2)(c2ccccc2)C(C)(C)C)C(=O)OC)c(C)o1)C(C)C. The maximum Gasteiger partial charge on any atom is 0.413 e. The van der Waals surface area contributed by atoms with E-state index < -0.39 is 109 Å². The molecule has 1 aliphatic rings. The second-order valence-corrected chi connectivity index (χ2v) is 25.4. The Labute approximate surface area is 471 Å². The lowest BCUT2D eigenvalue weighted by molar-refractivity contribution is -0.143. The first-order valence-electron chi connectivity index (χ1n) is 26.2. The molecule has 5 aromatic rings. The number of ether oxygens (including phenoxy) is 3. The van der Waals surface area contributed by atoms with Gasteiger partial charge < -0.3 is 59.2 Å². The summed E-state index contributed by atoms with van der Waals surface area (Å²) in [5.41, 5.74) is -1.40. The molecule has 6 rings (SSSR count). The molecule has 3 heterocycles. The van der Waals surface area contributed by atoms with Gasteiger partial charge in [-0.3, -0.25) is 28.9 Å². The number of aryl methyl sites for hydroxylation is 2. The lowest BCUT2D eigenvalue weighted by Gasteiger charge is -2.43. The van der Waals surface area contributed by atoms with Gasteiger partial charge in [0.15, 0.2) is 11.4 Å². The number of esters is 1. The van der Waals surface area contributed by atoms with E-state index in [1.807, 2.05) is 78.9 Å². The third-order valence-corrected chi connectivity index (χ3v) is 18.5. The minimum absolute atomic E-state index is 0.00291. The van der Waals surface area contributed by atoms with Gasteiger partial charge in [0.2, 0.25) is 23.6 Å². The predicted octanol–water partition coefficient (Wildman–Crippen LogP) is 5.00. The van der Waals surface area contributed by atoms with Crippen LogP contribution in [0.25, 0.3) is 5.70 Å². The maximum absolute atomic E-state index is 13.9. The van der Waals surface area contributed by atoms with E-state index in [4.69, 9.17) is 27.5 Å². The number of amides is 6.